The van der Waals surface area contributed by atoms with Gasteiger partial charge in [0.1, 0.15) is 0 Å². The van der Waals surface area contributed by atoms with Gasteiger partial charge in [-0.3, -0.25) is 0 Å². The van der Waals surface area contributed by atoms with Crippen LogP contribution < -0.4 is 11.5 Å². The van der Waals surface area contributed by atoms with Gasteiger partial charge in [0.05, 0.1) is 0 Å². The second-order valence-electron chi connectivity index (χ2n) is 3.37. The van der Waals surface area contributed by atoms with Gasteiger partial charge in [-0.25, -0.2) is 0 Å². The molecule has 2 nitrogen and oxygen atoms in total. The smallest absolute Gasteiger partial charge is 0.000766 e. The molecule has 1 atom stereocenters. The van der Waals surface area contributed by atoms with Gasteiger partial charge in [-0.15, -0.1) is 0 Å². The van der Waals surface area contributed by atoms with Crippen molar-refractivity contribution in [1.82, 2.24) is 0 Å². The number of rotatable bonds is 4. The molecular weight excluding hydrogens is 160 g/mol. The fraction of sp³-hybridized carbons (Fsp3) is 0.455. The Kier molecular flexibility index (Phi) is 3.93. The van der Waals surface area contributed by atoms with Crippen molar-refractivity contribution in [2.24, 2.45) is 11.5 Å². The van der Waals surface area contributed by atoms with Crippen LogP contribution in [-0.4, -0.2) is 13.1 Å². The molecule has 0 heterocycles. The number of nitrogens with two attached hydrogens (primary N) is 2. The van der Waals surface area contributed by atoms with Crippen LogP contribution in [0.15, 0.2) is 24.3 Å². The second kappa shape index (κ2) is 5.00. The standard InChI is InChI=1S/C11H18N2/c1-9-4-2-3-5-11(9)10(8-13)6-7-12/h2-5,10H,6-8,12-13H2,1H3. The molecule has 0 aromatic heterocycles. The van der Waals surface area contributed by atoms with Crippen molar-refractivity contribution in [1.29, 1.82) is 0 Å². The molecule has 0 aliphatic carbocycles. The molecule has 0 spiro atoms. The highest BCUT2D eigenvalue weighted by Crippen LogP contribution is 2.20. The van der Waals surface area contributed by atoms with Crippen LogP contribution in [0.25, 0.3) is 0 Å². The fourth-order valence-electron chi connectivity index (χ4n) is 1.65. The zero-order chi connectivity index (χ0) is 9.68. The SMILES string of the molecule is Cc1ccccc1C(CN)CCN. The van der Waals surface area contributed by atoms with Crippen molar-refractivity contribution in [3.8, 4) is 0 Å². The molecule has 13 heavy (non-hydrogen) atoms. The minimum absolute atomic E-state index is 0.422. The molecule has 72 valence electrons. The van der Waals surface area contributed by atoms with E-state index >= 15 is 0 Å². The molecule has 0 radical (unpaired) electrons. The van der Waals surface area contributed by atoms with Crippen LogP contribution in [-0.2, 0) is 0 Å². The number of hydrogen-bond acceptors (Lipinski definition) is 2. The normalized spacial score (nSPS) is 12.8. The van der Waals surface area contributed by atoms with E-state index in [1.165, 1.54) is 11.1 Å². The first kappa shape index (κ1) is 10.2. The fourth-order valence-corrected chi connectivity index (χ4v) is 1.65. The maximum atomic E-state index is 5.70. The van der Waals surface area contributed by atoms with Crippen molar-refractivity contribution in [3.05, 3.63) is 35.4 Å². The summed E-state index contributed by atoms with van der Waals surface area (Å²) in [7, 11) is 0. The van der Waals surface area contributed by atoms with Crippen LogP contribution in [0, 0.1) is 6.92 Å². The zero-order valence-corrected chi connectivity index (χ0v) is 8.16. The minimum atomic E-state index is 0.422. The third-order valence-corrected chi connectivity index (χ3v) is 2.43. The van der Waals surface area contributed by atoms with Crippen LogP contribution in [0.1, 0.15) is 23.5 Å². The van der Waals surface area contributed by atoms with Gasteiger partial charge in [0, 0.05) is 0 Å². The minimum Gasteiger partial charge on any atom is -0.330 e. The molecule has 2 heteroatoms. The molecular formula is C11H18N2. The second-order valence-corrected chi connectivity index (χ2v) is 3.37. The Labute approximate surface area is 79.9 Å². The highest BCUT2D eigenvalue weighted by molar-refractivity contribution is 5.29. The van der Waals surface area contributed by atoms with Gasteiger partial charge in [-0.1, -0.05) is 24.3 Å². The molecule has 0 amide bonds. The predicted octanol–water partition coefficient (Wildman–Crippen LogP) is 1.39. The highest BCUT2D eigenvalue weighted by Gasteiger charge is 2.09. The van der Waals surface area contributed by atoms with Crippen molar-refractivity contribution < 1.29 is 0 Å². The van der Waals surface area contributed by atoms with E-state index in [2.05, 4.69) is 31.2 Å². The molecule has 0 saturated carbocycles. The van der Waals surface area contributed by atoms with Crippen molar-refractivity contribution in [3.63, 3.8) is 0 Å². The quantitative estimate of drug-likeness (QED) is 0.732. The van der Waals surface area contributed by atoms with Crippen LogP contribution in [0.2, 0.25) is 0 Å². The molecule has 0 fully saturated rings. The summed E-state index contributed by atoms with van der Waals surface area (Å²) >= 11 is 0. The lowest BCUT2D eigenvalue weighted by atomic mass is 9.92. The van der Waals surface area contributed by atoms with E-state index < -0.39 is 0 Å². The Balaban J connectivity index is 2.84. The Hall–Kier alpha value is -0.860. The molecule has 4 N–H and O–H groups in total. The largest absolute Gasteiger partial charge is 0.330 e. The molecule has 1 rings (SSSR count). The molecule has 0 aliphatic heterocycles. The summed E-state index contributed by atoms with van der Waals surface area (Å²) in [5, 5.41) is 0. The van der Waals surface area contributed by atoms with Crippen molar-refractivity contribution in [2.75, 3.05) is 13.1 Å². The average Bonchev–Trinajstić information content (AvgIpc) is 2.16. The summed E-state index contributed by atoms with van der Waals surface area (Å²) in [6.07, 6.45) is 0.974. The van der Waals surface area contributed by atoms with Crippen LogP contribution in [0.3, 0.4) is 0 Å². The van der Waals surface area contributed by atoms with Crippen LogP contribution in [0.4, 0.5) is 0 Å². The van der Waals surface area contributed by atoms with E-state index in [1.807, 2.05) is 0 Å². The van der Waals surface area contributed by atoms with Gasteiger partial charge < -0.3 is 11.5 Å². The summed E-state index contributed by atoms with van der Waals surface area (Å²) in [6, 6.07) is 8.37. The van der Waals surface area contributed by atoms with Gasteiger partial charge in [0.15, 0.2) is 0 Å². The Morgan fingerprint density at radius 3 is 2.46 bits per heavy atom. The van der Waals surface area contributed by atoms with Gasteiger partial charge >= 0.3 is 0 Å². The maximum Gasteiger partial charge on any atom is -0.000766 e. The summed E-state index contributed by atoms with van der Waals surface area (Å²) in [5.74, 6) is 0.422. The third-order valence-electron chi connectivity index (χ3n) is 2.43. The van der Waals surface area contributed by atoms with E-state index in [0.29, 0.717) is 19.0 Å². The lowest BCUT2D eigenvalue weighted by Gasteiger charge is -2.16. The number of hydrogen-bond donors (Lipinski definition) is 2. The molecule has 0 saturated heterocycles. The number of aryl methyl sites for hydroxylation is 1. The monoisotopic (exact) mass is 178 g/mol. The summed E-state index contributed by atoms with van der Waals surface area (Å²) < 4.78 is 0. The first-order valence-corrected chi connectivity index (χ1v) is 4.75. The van der Waals surface area contributed by atoms with Gasteiger partial charge in [0.25, 0.3) is 0 Å². The molecule has 0 bridgehead atoms. The molecule has 1 unspecified atom stereocenters. The van der Waals surface area contributed by atoms with E-state index in [9.17, 15) is 0 Å². The molecule has 1 aromatic rings. The van der Waals surface area contributed by atoms with Gasteiger partial charge in [-0.2, -0.15) is 0 Å². The number of benzene rings is 1. The first-order valence-electron chi connectivity index (χ1n) is 4.75. The summed E-state index contributed by atoms with van der Waals surface area (Å²) in [5.41, 5.74) is 13.9. The highest BCUT2D eigenvalue weighted by atomic mass is 14.6. The van der Waals surface area contributed by atoms with Gasteiger partial charge in [-0.05, 0) is 43.5 Å². The summed E-state index contributed by atoms with van der Waals surface area (Å²) in [4.78, 5) is 0. The zero-order valence-electron chi connectivity index (χ0n) is 8.16. The Morgan fingerprint density at radius 2 is 1.92 bits per heavy atom. The topological polar surface area (TPSA) is 52.0 Å². The maximum absolute atomic E-state index is 5.70. The lowest BCUT2D eigenvalue weighted by Crippen LogP contribution is -2.17. The molecule has 0 aliphatic rings. The first-order chi connectivity index (χ1) is 6.29. The van der Waals surface area contributed by atoms with E-state index in [-0.39, 0.29) is 0 Å². The predicted molar refractivity (Wildman–Crippen MR) is 56.6 cm³/mol. The lowest BCUT2D eigenvalue weighted by molar-refractivity contribution is 0.639. The molecule has 1 aromatic carbocycles. The van der Waals surface area contributed by atoms with Crippen molar-refractivity contribution in [2.45, 2.75) is 19.3 Å². The van der Waals surface area contributed by atoms with Gasteiger partial charge in [0.2, 0.25) is 0 Å². The average molecular weight is 178 g/mol. The van der Waals surface area contributed by atoms with E-state index in [0.717, 1.165) is 6.42 Å². The van der Waals surface area contributed by atoms with Crippen molar-refractivity contribution >= 4 is 0 Å². The Morgan fingerprint density at radius 1 is 1.23 bits per heavy atom. The van der Waals surface area contributed by atoms with E-state index in [1.54, 1.807) is 0 Å². The summed E-state index contributed by atoms with van der Waals surface area (Å²) in [6.45, 7) is 3.51. The van der Waals surface area contributed by atoms with Crippen LogP contribution in [0.5, 0.6) is 0 Å². The van der Waals surface area contributed by atoms with E-state index in [4.69, 9.17) is 11.5 Å². The van der Waals surface area contributed by atoms with Crippen LogP contribution >= 0.6 is 0 Å². The third kappa shape index (κ3) is 2.54. The Bertz CT molecular complexity index is 258.